The maximum atomic E-state index is 5.99. The van der Waals surface area contributed by atoms with Crippen LogP contribution in [-0.2, 0) is 0 Å². The Balaban J connectivity index is 1.14. The maximum Gasteiger partial charge on any atom is 0.182 e. The van der Waals surface area contributed by atoms with E-state index in [9.17, 15) is 0 Å². The maximum absolute atomic E-state index is 5.99. The second-order valence-electron chi connectivity index (χ2n) is 14.5. The van der Waals surface area contributed by atoms with Crippen LogP contribution in [0.25, 0.3) is 120 Å². The van der Waals surface area contributed by atoms with Gasteiger partial charge in [-0.05, 0) is 128 Å². The number of oxazole rings is 1. The molecule has 0 unspecified atom stereocenters. The SMILES string of the molecule is c1cc(-c2cccc3c4c(-c5ccc6c7cc(-c8ccc9cnccc9c8)ccc7c7ccccc7c6c5)cccc4c4ccccc4c23)c2ocnc2c1. The Morgan fingerprint density at radius 2 is 0.927 bits per heavy atom. The van der Waals surface area contributed by atoms with Crippen LogP contribution in [0.1, 0.15) is 0 Å². The predicted molar refractivity (Wildman–Crippen MR) is 231 cm³/mol. The van der Waals surface area contributed by atoms with E-state index in [1.165, 1.54) is 92.3 Å². The van der Waals surface area contributed by atoms with Crippen LogP contribution in [0.15, 0.2) is 187 Å². The summed E-state index contributed by atoms with van der Waals surface area (Å²) in [7, 11) is 0. The van der Waals surface area contributed by atoms with E-state index in [-0.39, 0.29) is 0 Å². The molecule has 0 aliphatic heterocycles. The summed E-state index contributed by atoms with van der Waals surface area (Å²) < 4.78 is 5.99. The molecule has 254 valence electrons. The summed E-state index contributed by atoms with van der Waals surface area (Å²) in [5.74, 6) is 0. The van der Waals surface area contributed by atoms with Crippen molar-refractivity contribution in [3.63, 3.8) is 0 Å². The Morgan fingerprint density at radius 1 is 0.364 bits per heavy atom. The lowest BCUT2D eigenvalue weighted by Crippen LogP contribution is -1.91. The Bertz CT molecular complexity index is 3560. The van der Waals surface area contributed by atoms with Crippen molar-refractivity contribution in [1.82, 2.24) is 9.97 Å². The van der Waals surface area contributed by atoms with Gasteiger partial charge in [0.15, 0.2) is 12.0 Å². The van der Waals surface area contributed by atoms with Gasteiger partial charge in [-0.3, -0.25) is 4.98 Å². The van der Waals surface area contributed by atoms with Crippen LogP contribution in [0.4, 0.5) is 0 Å². The van der Waals surface area contributed by atoms with Crippen molar-refractivity contribution < 1.29 is 4.42 Å². The molecule has 0 aliphatic rings. The number of rotatable bonds is 3. The summed E-state index contributed by atoms with van der Waals surface area (Å²) >= 11 is 0. The number of benzene rings is 10. The monoisotopic (exact) mass is 698 g/mol. The average Bonchev–Trinajstić information content (AvgIpc) is 3.75. The minimum absolute atomic E-state index is 0.808. The first-order chi connectivity index (χ1) is 27.3. The second kappa shape index (κ2) is 11.6. The number of fused-ring (bicyclic) bond motifs is 14. The van der Waals surface area contributed by atoms with E-state index in [1.807, 2.05) is 18.5 Å². The van der Waals surface area contributed by atoms with Crippen molar-refractivity contribution in [3.8, 4) is 33.4 Å². The van der Waals surface area contributed by atoms with Crippen molar-refractivity contribution in [3.05, 3.63) is 183 Å². The van der Waals surface area contributed by atoms with Gasteiger partial charge in [0.2, 0.25) is 0 Å². The van der Waals surface area contributed by atoms with Crippen LogP contribution >= 0.6 is 0 Å². The summed E-state index contributed by atoms with van der Waals surface area (Å²) in [5, 5.41) is 17.3. The highest BCUT2D eigenvalue weighted by molar-refractivity contribution is 6.32. The topological polar surface area (TPSA) is 38.9 Å². The molecule has 2 aromatic heterocycles. The third-order valence-electron chi connectivity index (χ3n) is 11.7. The van der Waals surface area contributed by atoms with Gasteiger partial charge >= 0.3 is 0 Å². The number of para-hydroxylation sites is 1. The molecule has 0 aliphatic carbocycles. The zero-order chi connectivity index (χ0) is 36.0. The average molecular weight is 699 g/mol. The fourth-order valence-electron chi connectivity index (χ4n) is 9.18. The fourth-order valence-corrected chi connectivity index (χ4v) is 9.18. The Hall–Kier alpha value is -7.36. The van der Waals surface area contributed by atoms with Crippen LogP contribution in [0.2, 0.25) is 0 Å². The molecule has 2 heterocycles. The molecule has 10 aromatic carbocycles. The van der Waals surface area contributed by atoms with Gasteiger partial charge in [-0.2, -0.15) is 0 Å². The number of nitrogens with zero attached hydrogens (tertiary/aromatic N) is 2. The molecular formula is C52H30N2O. The molecule has 0 saturated heterocycles. The lowest BCUT2D eigenvalue weighted by Gasteiger charge is -2.18. The quantitative estimate of drug-likeness (QED) is 0.172. The molecular weight excluding hydrogens is 669 g/mol. The van der Waals surface area contributed by atoms with E-state index < -0.39 is 0 Å². The molecule has 0 N–H and O–H groups in total. The first kappa shape index (κ1) is 30.1. The van der Waals surface area contributed by atoms with E-state index in [1.54, 1.807) is 6.39 Å². The molecule has 12 rings (SSSR count). The van der Waals surface area contributed by atoms with Gasteiger partial charge in [0.05, 0.1) is 0 Å². The third kappa shape index (κ3) is 4.44. The van der Waals surface area contributed by atoms with Gasteiger partial charge < -0.3 is 4.42 Å². The number of pyridine rings is 1. The first-order valence-electron chi connectivity index (χ1n) is 18.7. The zero-order valence-electron chi connectivity index (χ0n) is 29.6. The van der Waals surface area contributed by atoms with Gasteiger partial charge in [-0.25, -0.2) is 4.98 Å². The van der Waals surface area contributed by atoms with Crippen molar-refractivity contribution in [2.24, 2.45) is 0 Å². The Morgan fingerprint density at radius 3 is 1.76 bits per heavy atom. The molecule has 55 heavy (non-hydrogen) atoms. The molecule has 12 aromatic rings. The lowest BCUT2D eigenvalue weighted by molar-refractivity contribution is 0.603. The molecule has 0 fully saturated rings. The first-order valence-corrected chi connectivity index (χ1v) is 18.7. The molecule has 0 spiro atoms. The van der Waals surface area contributed by atoms with Gasteiger partial charge in [-0.15, -0.1) is 0 Å². The van der Waals surface area contributed by atoms with Crippen molar-refractivity contribution >= 4 is 86.5 Å². The van der Waals surface area contributed by atoms with E-state index in [0.29, 0.717) is 0 Å². The molecule has 0 bridgehead atoms. The molecule has 0 atom stereocenters. The highest BCUT2D eigenvalue weighted by atomic mass is 16.3. The van der Waals surface area contributed by atoms with Crippen LogP contribution in [0.3, 0.4) is 0 Å². The van der Waals surface area contributed by atoms with Crippen molar-refractivity contribution in [1.29, 1.82) is 0 Å². The zero-order valence-corrected chi connectivity index (χ0v) is 29.6. The predicted octanol–water partition coefficient (Wildman–Crippen LogP) is 14.3. The molecule has 3 heteroatoms. The van der Waals surface area contributed by atoms with Crippen LogP contribution in [0.5, 0.6) is 0 Å². The molecule has 0 radical (unpaired) electrons. The van der Waals surface area contributed by atoms with Gasteiger partial charge in [-0.1, -0.05) is 133 Å². The van der Waals surface area contributed by atoms with Gasteiger partial charge in [0, 0.05) is 23.3 Å². The second-order valence-corrected chi connectivity index (χ2v) is 14.5. The van der Waals surface area contributed by atoms with Crippen molar-refractivity contribution in [2.45, 2.75) is 0 Å². The number of aromatic nitrogens is 2. The molecule has 0 saturated carbocycles. The summed E-state index contributed by atoms with van der Waals surface area (Å²) in [4.78, 5) is 8.79. The van der Waals surface area contributed by atoms with Gasteiger partial charge in [0.1, 0.15) is 5.52 Å². The summed E-state index contributed by atoms with van der Waals surface area (Å²) in [6.07, 6.45) is 5.33. The lowest BCUT2D eigenvalue weighted by atomic mass is 9.85. The minimum Gasteiger partial charge on any atom is -0.443 e. The van der Waals surface area contributed by atoms with Crippen LogP contribution in [-0.4, -0.2) is 9.97 Å². The standard InChI is InChI=1S/C52H30N2O/c1-2-9-38-37(8-1)40-22-20-32(31-18-19-35-29-53-25-24-33(35)26-31)27-47(40)41-23-21-34(28-48(38)41)36-12-5-13-43-39-10-3-4-11-42(39)51-44(14-6-16-46(51)50(36)43)45-15-7-17-49-52(45)55-30-54-49/h1-30H. The smallest absolute Gasteiger partial charge is 0.182 e. The normalized spacial score (nSPS) is 12.0. The number of hydrogen-bond donors (Lipinski definition) is 0. The Kier molecular flexibility index (Phi) is 6.34. The van der Waals surface area contributed by atoms with E-state index in [2.05, 4.69) is 168 Å². The highest BCUT2D eigenvalue weighted by Crippen LogP contribution is 2.46. The van der Waals surface area contributed by atoms with Crippen LogP contribution < -0.4 is 0 Å². The third-order valence-corrected chi connectivity index (χ3v) is 11.7. The summed E-state index contributed by atoms with van der Waals surface area (Å²) in [6, 6.07) is 60.1. The van der Waals surface area contributed by atoms with Gasteiger partial charge in [0.25, 0.3) is 0 Å². The van der Waals surface area contributed by atoms with Crippen LogP contribution in [0, 0.1) is 0 Å². The summed E-state index contributed by atoms with van der Waals surface area (Å²) in [5.41, 5.74) is 8.67. The summed E-state index contributed by atoms with van der Waals surface area (Å²) in [6.45, 7) is 0. The fraction of sp³-hybridized carbons (Fsp3) is 0. The molecule has 0 amide bonds. The largest absolute Gasteiger partial charge is 0.443 e. The van der Waals surface area contributed by atoms with E-state index in [0.717, 1.165) is 27.6 Å². The number of hydrogen-bond acceptors (Lipinski definition) is 3. The molecule has 3 nitrogen and oxygen atoms in total. The highest BCUT2D eigenvalue weighted by Gasteiger charge is 2.19. The van der Waals surface area contributed by atoms with Crippen molar-refractivity contribution in [2.75, 3.05) is 0 Å². The Labute approximate surface area is 315 Å². The van der Waals surface area contributed by atoms with E-state index in [4.69, 9.17) is 4.42 Å². The minimum atomic E-state index is 0.808. The van der Waals surface area contributed by atoms with E-state index >= 15 is 0 Å².